The van der Waals surface area contributed by atoms with Crippen LogP contribution in [0.4, 0.5) is 10.1 Å². The summed E-state index contributed by atoms with van der Waals surface area (Å²) in [6.07, 6.45) is 0. The van der Waals surface area contributed by atoms with E-state index in [0.717, 1.165) is 24.7 Å². The highest BCUT2D eigenvalue weighted by Gasteiger charge is 2.24. The van der Waals surface area contributed by atoms with Crippen molar-refractivity contribution in [2.75, 3.05) is 38.2 Å². The van der Waals surface area contributed by atoms with Crippen molar-refractivity contribution in [3.05, 3.63) is 52.5 Å². The number of nitrogens with zero attached hydrogens (tertiary/aromatic N) is 1. The van der Waals surface area contributed by atoms with Gasteiger partial charge >= 0.3 is 11.8 Å². The maximum absolute atomic E-state index is 13.2. The summed E-state index contributed by atoms with van der Waals surface area (Å²) in [5, 5.41) is 9.11. The van der Waals surface area contributed by atoms with E-state index in [2.05, 4.69) is 15.5 Å². The molecule has 2 N–H and O–H groups in total. The zero-order chi connectivity index (χ0) is 18.4. The predicted molar refractivity (Wildman–Crippen MR) is 97.5 cm³/mol. The van der Waals surface area contributed by atoms with Crippen LogP contribution in [-0.2, 0) is 14.3 Å². The summed E-state index contributed by atoms with van der Waals surface area (Å²) in [7, 11) is 0. The van der Waals surface area contributed by atoms with E-state index in [1.54, 1.807) is 11.3 Å². The minimum atomic E-state index is -0.818. The molecule has 0 saturated carbocycles. The summed E-state index contributed by atoms with van der Waals surface area (Å²) in [6.45, 7) is 3.15. The fourth-order valence-electron chi connectivity index (χ4n) is 2.84. The number of anilines is 1. The van der Waals surface area contributed by atoms with Crippen molar-refractivity contribution in [1.29, 1.82) is 0 Å². The second-order valence-corrected chi connectivity index (χ2v) is 6.68. The molecule has 138 valence electrons. The van der Waals surface area contributed by atoms with Crippen LogP contribution < -0.4 is 10.6 Å². The second kappa shape index (κ2) is 8.88. The lowest BCUT2D eigenvalue weighted by Gasteiger charge is -2.34. The molecule has 1 saturated heterocycles. The van der Waals surface area contributed by atoms with Gasteiger partial charge in [-0.05, 0) is 40.6 Å². The summed E-state index contributed by atoms with van der Waals surface area (Å²) in [5.41, 5.74) is 1.34. The average molecular weight is 377 g/mol. The maximum Gasteiger partial charge on any atom is 0.313 e. The van der Waals surface area contributed by atoms with Gasteiger partial charge in [0.25, 0.3) is 0 Å². The SMILES string of the molecule is O=C(NC[C@@H](c1ccsc1)N1CCOCC1)C(=O)Nc1cccc(F)c1. The number of halogens is 1. The highest BCUT2D eigenvalue weighted by Crippen LogP contribution is 2.23. The first-order valence-corrected chi connectivity index (χ1v) is 9.26. The Kier molecular flexibility index (Phi) is 6.32. The Hall–Kier alpha value is -2.29. The van der Waals surface area contributed by atoms with Gasteiger partial charge in [0, 0.05) is 25.3 Å². The Labute approximate surface area is 155 Å². The normalized spacial score (nSPS) is 16.0. The zero-order valence-electron chi connectivity index (χ0n) is 14.1. The van der Waals surface area contributed by atoms with Crippen LogP contribution in [0.5, 0.6) is 0 Å². The Bertz CT molecular complexity index is 748. The van der Waals surface area contributed by atoms with E-state index in [1.165, 1.54) is 18.2 Å². The third-order valence-corrected chi connectivity index (χ3v) is 4.86. The zero-order valence-corrected chi connectivity index (χ0v) is 14.9. The number of carbonyl (C=O) groups excluding carboxylic acids is 2. The number of ether oxygens (including phenoxy) is 1. The van der Waals surface area contributed by atoms with Crippen LogP contribution >= 0.6 is 11.3 Å². The van der Waals surface area contributed by atoms with E-state index < -0.39 is 17.6 Å². The lowest BCUT2D eigenvalue weighted by molar-refractivity contribution is -0.136. The topological polar surface area (TPSA) is 70.7 Å². The van der Waals surface area contributed by atoms with Gasteiger partial charge < -0.3 is 15.4 Å². The summed E-state index contributed by atoms with van der Waals surface area (Å²) < 4.78 is 18.6. The average Bonchev–Trinajstić information content (AvgIpc) is 3.17. The molecule has 2 amide bonds. The van der Waals surface area contributed by atoms with Crippen molar-refractivity contribution < 1.29 is 18.7 Å². The number of amides is 2. The third kappa shape index (κ3) is 4.87. The molecule has 2 heterocycles. The highest BCUT2D eigenvalue weighted by atomic mass is 32.1. The maximum atomic E-state index is 13.2. The molecular weight excluding hydrogens is 357 g/mol. The largest absolute Gasteiger partial charge is 0.379 e. The van der Waals surface area contributed by atoms with Gasteiger partial charge in [-0.1, -0.05) is 6.07 Å². The van der Waals surface area contributed by atoms with Crippen molar-refractivity contribution in [2.45, 2.75) is 6.04 Å². The lowest BCUT2D eigenvalue weighted by Crippen LogP contribution is -2.45. The molecule has 26 heavy (non-hydrogen) atoms. The first-order valence-electron chi connectivity index (χ1n) is 8.32. The van der Waals surface area contributed by atoms with Gasteiger partial charge in [0.05, 0.1) is 19.3 Å². The number of thiophene rings is 1. The first kappa shape index (κ1) is 18.5. The second-order valence-electron chi connectivity index (χ2n) is 5.90. The van der Waals surface area contributed by atoms with Crippen molar-refractivity contribution in [3.63, 3.8) is 0 Å². The quantitative estimate of drug-likeness (QED) is 0.782. The molecule has 0 radical (unpaired) electrons. The predicted octanol–water partition coefficient (Wildman–Crippen LogP) is 2.02. The van der Waals surface area contributed by atoms with Crippen LogP contribution in [0.15, 0.2) is 41.1 Å². The van der Waals surface area contributed by atoms with Crippen LogP contribution in [0.3, 0.4) is 0 Å². The minimum absolute atomic E-state index is 0.0175. The number of benzene rings is 1. The van der Waals surface area contributed by atoms with Gasteiger partial charge in [0.1, 0.15) is 5.82 Å². The molecule has 0 bridgehead atoms. The number of carbonyl (C=O) groups is 2. The van der Waals surface area contributed by atoms with E-state index in [-0.39, 0.29) is 11.7 Å². The van der Waals surface area contributed by atoms with Crippen molar-refractivity contribution in [3.8, 4) is 0 Å². The fourth-order valence-corrected chi connectivity index (χ4v) is 3.54. The Morgan fingerprint density at radius 3 is 2.73 bits per heavy atom. The van der Waals surface area contributed by atoms with E-state index in [9.17, 15) is 14.0 Å². The van der Waals surface area contributed by atoms with Crippen LogP contribution in [0.25, 0.3) is 0 Å². The van der Waals surface area contributed by atoms with Crippen molar-refractivity contribution in [2.24, 2.45) is 0 Å². The molecule has 1 aromatic heterocycles. The Morgan fingerprint density at radius 1 is 1.23 bits per heavy atom. The van der Waals surface area contributed by atoms with Gasteiger partial charge in [0.15, 0.2) is 0 Å². The standard InChI is InChI=1S/C18H20FN3O3S/c19-14-2-1-3-15(10-14)21-18(24)17(23)20-11-16(13-4-9-26-12-13)22-5-7-25-8-6-22/h1-4,9-10,12,16H,5-8,11H2,(H,20,23)(H,21,24)/t16-/m0/s1. The van der Waals surface area contributed by atoms with Gasteiger partial charge in [-0.15, -0.1) is 0 Å². The monoisotopic (exact) mass is 377 g/mol. The molecular formula is C18H20FN3O3S. The first-order chi connectivity index (χ1) is 12.6. The van der Waals surface area contributed by atoms with Gasteiger partial charge in [-0.2, -0.15) is 11.3 Å². The number of nitrogens with one attached hydrogen (secondary N) is 2. The molecule has 1 fully saturated rings. The highest BCUT2D eigenvalue weighted by molar-refractivity contribution is 7.08. The molecule has 1 aliphatic rings. The molecule has 6 nitrogen and oxygen atoms in total. The number of hydrogen-bond donors (Lipinski definition) is 2. The minimum Gasteiger partial charge on any atom is -0.379 e. The lowest BCUT2D eigenvalue weighted by atomic mass is 10.1. The molecule has 3 rings (SSSR count). The number of hydrogen-bond acceptors (Lipinski definition) is 5. The molecule has 8 heteroatoms. The van der Waals surface area contributed by atoms with Crippen molar-refractivity contribution >= 4 is 28.8 Å². The van der Waals surface area contributed by atoms with Crippen LogP contribution in [0, 0.1) is 5.82 Å². The van der Waals surface area contributed by atoms with Crippen LogP contribution in [0.2, 0.25) is 0 Å². The summed E-state index contributed by atoms with van der Waals surface area (Å²) >= 11 is 1.59. The van der Waals surface area contributed by atoms with Gasteiger partial charge in [-0.3, -0.25) is 14.5 Å². The fraction of sp³-hybridized carbons (Fsp3) is 0.333. The molecule has 2 aromatic rings. The number of rotatable bonds is 5. The van der Waals surface area contributed by atoms with Crippen LogP contribution in [0.1, 0.15) is 11.6 Å². The third-order valence-electron chi connectivity index (χ3n) is 4.16. The van der Waals surface area contributed by atoms with Crippen molar-refractivity contribution in [1.82, 2.24) is 10.2 Å². The Balaban J connectivity index is 1.59. The summed E-state index contributed by atoms with van der Waals surface area (Å²) in [4.78, 5) is 26.4. The molecule has 0 spiro atoms. The summed E-state index contributed by atoms with van der Waals surface area (Å²) in [5.74, 6) is -2.04. The van der Waals surface area contributed by atoms with E-state index in [0.29, 0.717) is 19.8 Å². The van der Waals surface area contributed by atoms with E-state index in [4.69, 9.17) is 4.74 Å². The molecule has 1 aromatic carbocycles. The molecule has 0 aliphatic carbocycles. The number of morpholine rings is 1. The van der Waals surface area contributed by atoms with Crippen LogP contribution in [-0.4, -0.2) is 49.6 Å². The van der Waals surface area contributed by atoms with Gasteiger partial charge in [-0.25, -0.2) is 4.39 Å². The summed E-state index contributed by atoms with van der Waals surface area (Å²) in [6, 6.07) is 7.42. The van der Waals surface area contributed by atoms with E-state index in [1.807, 2.05) is 16.8 Å². The van der Waals surface area contributed by atoms with E-state index >= 15 is 0 Å². The smallest absolute Gasteiger partial charge is 0.313 e. The molecule has 1 atom stereocenters. The molecule has 0 unspecified atom stereocenters. The Morgan fingerprint density at radius 2 is 2.04 bits per heavy atom. The van der Waals surface area contributed by atoms with Gasteiger partial charge in [0.2, 0.25) is 0 Å². The molecule has 1 aliphatic heterocycles.